The average Bonchev–Trinajstić information content (AvgIpc) is 2.91. The van der Waals surface area contributed by atoms with Gasteiger partial charge in [-0.1, -0.05) is 0 Å². The van der Waals surface area contributed by atoms with Crippen molar-refractivity contribution in [3.05, 3.63) is 34.5 Å². The van der Waals surface area contributed by atoms with E-state index in [0.717, 1.165) is 4.68 Å². The summed E-state index contributed by atoms with van der Waals surface area (Å²) in [4.78, 5) is 42.8. The van der Waals surface area contributed by atoms with Gasteiger partial charge >= 0.3 is 5.97 Å². The number of aromatic hydroxyl groups is 1. The largest absolute Gasteiger partial charge is 0.505 e. The van der Waals surface area contributed by atoms with E-state index in [1.165, 1.54) is 30.2 Å². The summed E-state index contributed by atoms with van der Waals surface area (Å²) in [6, 6.07) is 1.53. The van der Waals surface area contributed by atoms with Crippen molar-refractivity contribution in [3.63, 3.8) is 0 Å². The quantitative estimate of drug-likeness (QED) is 0.569. The van der Waals surface area contributed by atoms with Crippen LogP contribution in [0.15, 0.2) is 23.4 Å². The molecule has 10 nitrogen and oxygen atoms in total. The van der Waals surface area contributed by atoms with Crippen molar-refractivity contribution in [3.8, 4) is 5.75 Å². The lowest BCUT2D eigenvalue weighted by Crippen LogP contribution is -2.36. The number of carbonyl (C=O) groups is 2. The number of amides is 1. The summed E-state index contributed by atoms with van der Waals surface area (Å²) in [6.07, 6.45) is 2.80. The van der Waals surface area contributed by atoms with Gasteiger partial charge in [-0.2, -0.15) is 0 Å². The summed E-state index contributed by atoms with van der Waals surface area (Å²) in [5.74, 6) is -2.78. The van der Waals surface area contributed by atoms with Crippen molar-refractivity contribution in [2.75, 3.05) is 6.54 Å². The van der Waals surface area contributed by atoms with E-state index in [0.29, 0.717) is 11.0 Å². The van der Waals surface area contributed by atoms with E-state index < -0.39 is 35.3 Å². The first-order valence-electron chi connectivity index (χ1n) is 6.45. The highest BCUT2D eigenvalue weighted by molar-refractivity contribution is 6.01. The highest BCUT2D eigenvalue weighted by Crippen LogP contribution is 2.26. The molecular formula is C13H11N5O5. The first kappa shape index (κ1) is 14.5. The fraction of sp³-hybridized carbons (Fsp3) is 0.154. The Hall–Kier alpha value is -3.43. The third-order valence-corrected chi connectivity index (χ3v) is 3.35. The molecule has 0 radical (unpaired) electrons. The van der Waals surface area contributed by atoms with E-state index in [9.17, 15) is 19.5 Å². The molecular weight excluding hydrogens is 306 g/mol. The Balaban J connectivity index is 2.29. The second-order valence-corrected chi connectivity index (χ2v) is 4.77. The molecule has 0 saturated heterocycles. The third-order valence-electron chi connectivity index (χ3n) is 3.35. The lowest BCUT2D eigenvalue weighted by molar-refractivity contribution is -0.135. The number of carboxylic acids is 1. The summed E-state index contributed by atoms with van der Waals surface area (Å²) in [6.45, 7) is -0.666. The number of carboxylic acid groups (broad SMARTS) is 1. The van der Waals surface area contributed by atoms with Gasteiger partial charge in [-0.25, -0.2) is 19.2 Å². The van der Waals surface area contributed by atoms with Gasteiger partial charge in [-0.15, -0.1) is 0 Å². The number of hydrogen-bond donors (Lipinski definition) is 3. The molecule has 23 heavy (non-hydrogen) atoms. The molecule has 0 bridgehead atoms. The Kier molecular flexibility index (Phi) is 3.21. The minimum absolute atomic E-state index is 0.183. The second-order valence-electron chi connectivity index (χ2n) is 4.77. The number of aromatic nitrogens is 4. The Labute approximate surface area is 127 Å². The molecule has 0 aliphatic heterocycles. The highest BCUT2D eigenvalue weighted by atomic mass is 16.4. The predicted octanol–water partition coefficient (Wildman–Crippen LogP) is -0.899. The van der Waals surface area contributed by atoms with E-state index in [4.69, 9.17) is 5.11 Å². The minimum atomic E-state index is -1.26. The van der Waals surface area contributed by atoms with Gasteiger partial charge in [0.25, 0.3) is 11.5 Å². The van der Waals surface area contributed by atoms with Crippen LogP contribution >= 0.6 is 0 Å². The van der Waals surface area contributed by atoms with Gasteiger partial charge in [-0.05, 0) is 6.07 Å². The summed E-state index contributed by atoms with van der Waals surface area (Å²) < 4.78 is 2.46. The molecule has 3 rings (SSSR count). The summed E-state index contributed by atoms with van der Waals surface area (Å²) in [5.41, 5.74) is -0.739. The Morgan fingerprint density at radius 2 is 2.13 bits per heavy atom. The number of rotatable bonds is 3. The molecule has 0 spiro atoms. The first-order valence-corrected chi connectivity index (χ1v) is 6.45. The summed E-state index contributed by atoms with van der Waals surface area (Å²) >= 11 is 0. The predicted molar refractivity (Wildman–Crippen MR) is 77.4 cm³/mol. The molecule has 0 saturated carbocycles. The van der Waals surface area contributed by atoms with Crippen LogP contribution in [0.25, 0.3) is 16.6 Å². The summed E-state index contributed by atoms with van der Waals surface area (Å²) in [5, 5.41) is 21.5. The van der Waals surface area contributed by atoms with Gasteiger partial charge in [0.15, 0.2) is 11.4 Å². The van der Waals surface area contributed by atoms with Gasteiger partial charge in [0.1, 0.15) is 24.0 Å². The maximum absolute atomic E-state index is 12.4. The number of fused-ring (bicyclic) bond motifs is 3. The molecule has 10 heteroatoms. The molecule has 3 aromatic heterocycles. The van der Waals surface area contributed by atoms with Crippen LogP contribution in [0, 0.1) is 0 Å². The van der Waals surface area contributed by atoms with Gasteiger partial charge in [0.2, 0.25) is 0 Å². The van der Waals surface area contributed by atoms with Crippen LogP contribution in [0.3, 0.4) is 0 Å². The van der Waals surface area contributed by atoms with Crippen LogP contribution in [0.1, 0.15) is 10.4 Å². The van der Waals surface area contributed by atoms with E-state index in [-0.39, 0.29) is 5.52 Å². The molecule has 3 aromatic rings. The third kappa shape index (κ3) is 2.16. The van der Waals surface area contributed by atoms with Gasteiger partial charge < -0.3 is 15.5 Å². The van der Waals surface area contributed by atoms with Gasteiger partial charge in [-0.3, -0.25) is 14.4 Å². The van der Waals surface area contributed by atoms with Crippen molar-refractivity contribution in [2.45, 2.75) is 0 Å². The number of nitrogens with one attached hydrogen (secondary N) is 1. The fourth-order valence-electron chi connectivity index (χ4n) is 2.34. The average molecular weight is 317 g/mol. The number of hydrogen-bond acceptors (Lipinski definition) is 6. The van der Waals surface area contributed by atoms with E-state index in [2.05, 4.69) is 15.3 Å². The molecule has 0 fully saturated rings. The first-order chi connectivity index (χ1) is 10.9. The zero-order valence-corrected chi connectivity index (χ0v) is 11.8. The topological polar surface area (TPSA) is 139 Å². The van der Waals surface area contributed by atoms with Crippen molar-refractivity contribution >= 4 is 28.4 Å². The number of carbonyl (C=O) groups excluding carboxylic acids is 1. The van der Waals surface area contributed by atoms with Crippen LogP contribution in [-0.4, -0.2) is 47.8 Å². The van der Waals surface area contributed by atoms with Crippen LogP contribution in [-0.2, 0) is 11.8 Å². The molecule has 0 aromatic carbocycles. The normalized spacial score (nSPS) is 11.0. The van der Waals surface area contributed by atoms with E-state index in [1.807, 2.05) is 0 Å². The number of aryl methyl sites for hydroxylation is 1. The lowest BCUT2D eigenvalue weighted by atomic mass is 10.2. The van der Waals surface area contributed by atoms with Crippen LogP contribution in [0.5, 0.6) is 5.75 Å². The fourth-order valence-corrected chi connectivity index (χ4v) is 2.34. The number of nitrogens with zero attached hydrogens (tertiary/aromatic N) is 4. The zero-order chi connectivity index (χ0) is 16.7. The molecule has 118 valence electrons. The molecule has 1 amide bonds. The second kappa shape index (κ2) is 5.09. The van der Waals surface area contributed by atoms with Crippen molar-refractivity contribution < 1.29 is 19.8 Å². The van der Waals surface area contributed by atoms with Crippen LogP contribution < -0.4 is 10.9 Å². The van der Waals surface area contributed by atoms with Gasteiger partial charge in [0.05, 0.1) is 0 Å². The molecule has 0 aliphatic rings. The smallest absolute Gasteiger partial charge is 0.322 e. The van der Waals surface area contributed by atoms with E-state index >= 15 is 0 Å². The Morgan fingerprint density at radius 3 is 2.83 bits per heavy atom. The standard InChI is InChI=1S/C13H11N5O5/c1-17-13(23)9(12(22)15-4-8(19)20)10(21)7-2-6-3-14-5-16-11(6)18(7)17/h2-3,5,21H,4H2,1H3,(H,15,22)(H,19,20). The molecule has 0 unspecified atom stereocenters. The maximum atomic E-state index is 12.4. The summed E-state index contributed by atoms with van der Waals surface area (Å²) in [7, 11) is 1.41. The van der Waals surface area contributed by atoms with E-state index in [1.54, 1.807) is 0 Å². The molecule has 3 heterocycles. The van der Waals surface area contributed by atoms with Crippen LogP contribution in [0.4, 0.5) is 0 Å². The highest BCUT2D eigenvalue weighted by Gasteiger charge is 2.23. The van der Waals surface area contributed by atoms with Gasteiger partial charge in [0, 0.05) is 18.6 Å². The van der Waals surface area contributed by atoms with Crippen molar-refractivity contribution in [1.29, 1.82) is 0 Å². The molecule has 3 N–H and O–H groups in total. The van der Waals surface area contributed by atoms with Crippen molar-refractivity contribution in [2.24, 2.45) is 7.05 Å². The minimum Gasteiger partial charge on any atom is -0.505 e. The Morgan fingerprint density at radius 1 is 1.39 bits per heavy atom. The molecule has 0 aliphatic carbocycles. The van der Waals surface area contributed by atoms with Crippen molar-refractivity contribution in [1.82, 2.24) is 24.5 Å². The maximum Gasteiger partial charge on any atom is 0.322 e. The monoisotopic (exact) mass is 317 g/mol. The Bertz CT molecular complexity index is 1020. The molecule has 0 atom stereocenters. The zero-order valence-electron chi connectivity index (χ0n) is 11.8. The lowest BCUT2D eigenvalue weighted by Gasteiger charge is -2.10. The SMILES string of the molecule is Cn1c(=O)c(C(=O)NCC(=O)O)c(O)c2cc3cncnc3n21. The van der Waals surface area contributed by atoms with Crippen LogP contribution in [0.2, 0.25) is 0 Å². The number of aliphatic carboxylic acids is 1.